The van der Waals surface area contributed by atoms with Crippen LogP contribution in [0.25, 0.3) is 11.4 Å². The van der Waals surface area contributed by atoms with Gasteiger partial charge in [0.15, 0.2) is 5.82 Å². The van der Waals surface area contributed by atoms with Crippen molar-refractivity contribution in [2.24, 2.45) is 0 Å². The van der Waals surface area contributed by atoms with Crippen molar-refractivity contribution >= 4 is 40.5 Å². The average molecular weight is 712 g/mol. The van der Waals surface area contributed by atoms with E-state index in [0.29, 0.717) is 74.6 Å². The minimum absolute atomic E-state index is 0.0136. The topological polar surface area (TPSA) is 133 Å². The number of pyridine rings is 1. The molecule has 3 aliphatic rings. The molecule has 2 amide bonds. The number of methoxy groups -OCH3 is 1. The zero-order valence-electron chi connectivity index (χ0n) is 27.2. The van der Waals surface area contributed by atoms with Crippen LogP contribution in [0.4, 0.5) is 18.9 Å². The third-order valence-corrected chi connectivity index (χ3v) is 10.1. The van der Waals surface area contributed by atoms with Gasteiger partial charge in [0.05, 0.1) is 36.6 Å². The van der Waals surface area contributed by atoms with Gasteiger partial charge in [-0.25, -0.2) is 4.98 Å². The fourth-order valence-electron chi connectivity index (χ4n) is 7.50. The second kappa shape index (κ2) is 12.8. The van der Waals surface area contributed by atoms with E-state index in [4.69, 9.17) is 26.1 Å². The number of fused-ring (bicyclic) bond motifs is 3. The third kappa shape index (κ3) is 5.91. The van der Waals surface area contributed by atoms with Crippen LogP contribution in [0, 0.1) is 0 Å². The number of likely N-dealkylation sites (tertiary alicyclic amines) is 1. The Morgan fingerprint density at radius 1 is 1.20 bits per heavy atom. The van der Waals surface area contributed by atoms with Gasteiger partial charge in [0.1, 0.15) is 12.1 Å². The summed E-state index contributed by atoms with van der Waals surface area (Å²) in [5.41, 5.74) is 0.479. The first kappa shape index (κ1) is 33.7. The molecule has 1 unspecified atom stereocenters. The zero-order valence-corrected chi connectivity index (χ0v) is 28.0. The molecule has 16 heteroatoms. The number of carbonyl (C=O) groups is 2. The van der Waals surface area contributed by atoms with E-state index in [0.717, 1.165) is 23.8 Å². The van der Waals surface area contributed by atoms with Crippen molar-refractivity contribution in [3.63, 3.8) is 0 Å². The summed E-state index contributed by atoms with van der Waals surface area (Å²) in [5.74, 6) is -0.207. The van der Waals surface area contributed by atoms with Crippen LogP contribution in [-0.2, 0) is 27.7 Å². The van der Waals surface area contributed by atoms with Crippen molar-refractivity contribution in [2.75, 3.05) is 38.7 Å². The number of nitrogens with one attached hydrogen (secondary N) is 1. The minimum Gasteiger partial charge on any atom is -0.480 e. The van der Waals surface area contributed by atoms with E-state index < -0.39 is 23.1 Å². The summed E-state index contributed by atoms with van der Waals surface area (Å²) in [7, 11) is 1.46. The zero-order chi connectivity index (χ0) is 35.4. The number of halogens is 4. The molecule has 0 bridgehead atoms. The van der Waals surface area contributed by atoms with Crippen molar-refractivity contribution in [1.82, 2.24) is 29.0 Å². The third-order valence-electron chi connectivity index (χ3n) is 9.80. The molecule has 1 aliphatic carbocycles. The Morgan fingerprint density at radius 3 is 2.66 bits per heavy atom. The number of alkyl halides is 3. The first-order valence-electron chi connectivity index (χ1n) is 16.2. The van der Waals surface area contributed by atoms with Gasteiger partial charge in [-0.3, -0.25) is 14.4 Å². The maximum Gasteiger partial charge on any atom is 0.416 e. The van der Waals surface area contributed by atoms with Crippen molar-refractivity contribution < 1.29 is 32.2 Å². The molecule has 7 rings (SSSR count). The Bertz CT molecular complexity index is 2100. The van der Waals surface area contributed by atoms with Gasteiger partial charge in [-0.05, 0) is 67.5 Å². The van der Waals surface area contributed by atoms with E-state index in [-0.39, 0.29) is 46.3 Å². The van der Waals surface area contributed by atoms with E-state index in [1.807, 2.05) is 13.0 Å². The summed E-state index contributed by atoms with van der Waals surface area (Å²) in [6, 6.07) is 6.05. The van der Waals surface area contributed by atoms with Crippen molar-refractivity contribution in [1.29, 1.82) is 0 Å². The lowest BCUT2D eigenvalue weighted by molar-refractivity contribution is -0.137. The van der Waals surface area contributed by atoms with Crippen LogP contribution < -0.4 is 15.6 Å². The fraction of sp³-hybridized carbons (Fsp3) is 0.412. The summed E-state index contributed by atoms with van der Waals surface area (Å²) in [6.07, 6.45) is 0.951. The Hall–Kier alpha value is -4.76. The number of rotatable bonds is 6. The first-order chi connectivity index (χ1) is 23.9. The smallest absolute Gasteiger partial charge is 0.416 e. The Kier molecular flexibility index (Phi) is 8.67. The highest BCUT2D eigenvalue weighted by molar-refractivity contribution is 6.33. The van der Waals surface area contributed by atoms with Crippen molar-refractivity contribution in [2.45, 2.75) is 56.7 Å². The van der Waals surface area contributed by atoms with Gasteiger partial charge in [0.25, 0.3) is 11.5 Å². The maximum atomic E-state index is 14.4. The maximum absolute atomic E-state index is 14.4. The van der Waals surface area contributed by atoms with E-state index in [1.54, 1.807) is 27.8 Å². The molecule has 262 valence electrons. The predicted molar refractivity (Wildman–Crippen MR) is 176 cm³/mol. The van der Waals surface area contributed by atoms with Gasteiger partial charge >= 0.3 is 6.18 Å². The summed E-state index contributed by atoms with van der Waals surface area (Å²) >= 11 is 6.15. The summed E-state index contributed by atoms with van der Waals surface area (Å²) < 4.78 is 53.3. The average Bonchev–Trinajstić information content (AvgIpc) is 3.67. The van der Waals surface area contributed by atoms with Crippen LogP contribution in [0.3, 0.4) is 0 Å². The number of nitrogens with zero attached hydrogens (tertiary/aromatic N) is 6. The van der Waals surface area contributed by atoms with Gasteiger partial charge in [-0.2, -0.15) is 22.7 Å². The normalized spacial score (nSPS) is 18.6. The number of hydrogen-bond acceptors (Lipinski definition) is 8. The van der Waals surface area contributed by atoms with Gasteiger partial charge in [0.2, 0.25) is 17.6 Å². The van der Waals surface area contributed by atoms with Crippen LogP contribution >= 0.6 is 11.6 Å². The Morgan fingerprint density at radius 2 is 1.98 bits per heavy atom. The number of aromatic nitrogens is 5. The van der Waals surface area contributed by atoms with Crippen molar-refractivity contribution in [3.05, 3.63) is 86.2 Å². The highest BCUT2D eigenvalue weighted by atomic mass is 35.5. The van der Waals surface area contributed by atoms with Gasteiger partial charge in [-0.1, -0.05) is 24.6 Å². The first-order valence-corrected chi connectivity index (χ1v) is 16.5. The van der Waals surface area contributed by atoms with Crippen LogP contribution in [0.15, 0.2) is 47.4 Å². The largest absolute Gasteiger partial charge is 0.480 e. The summed E-state index contributed by atoms with van der Waals surface area (Å²) in [6.45, 7) is 3.28. The molecule has 2 aliphatic heterocycles. The number of benzene rings is 1. The number of anilines is 1. The monoisotopic (exact) mass is 711 g/mol. The van der Waals surface area contributed by atoms with Crippen LogP contribution in [-0.4, -0.2) is 74.3 Å². The molecule has 1 atom stereocenters. The molecule has 1 aromatic carbocycles. The number of piperidine rings is 1. The lowest BCUT2D eigenvalue weighted by atomic mass is 9.73. The molecule has 5 heterocycles. The Balaban J connectivity index is 1.26. The van der Waals surface area contributed by atoms with E-state index in [2.05, 4.69) is 15.4 Å². The predicted octanol–water partition coefficient (Wildman–Crippen LogP) is 5.09. The highest BCUT2D eigenvalue weighted by Gasteiger charge is 2.49. The van der Waals surface area contributed by atoms with Crippen LogP contribution in [0.1, 0.15) is 71.5 Å². The number of amides is 2. The van der Waals surface area contributed by atoms with E-state index in [1.165, 1.54) is 11.6 Å². The lowest BCUT2D eigenvalue weighted by Gasteiger charge is -2.39. The molecule has 12 nitrogen and oxygen atoms in total. The fourth-order valence-corrected chi connectivity index (χ4v) is 7.72. The second-order valence-corrected chi connectivity index (χ2v) is 13.2. The summed E-state index contributed by atoms with van der Waals surface area (Å²) in [5, 5.41) is 6.98. The van der Waals surface area contributed by atoms with Gasteiger partial charge < -0.3 is 24.3 Å². The van der Waals surface area contributed by atoms with Gasteiger partial charge in [0, 0.05) is 36.0 Å². The molecule has 1 saturated heterocycles. The SMILES string of the molecule is COc1ncccc1C(=O)N1CCC2(CC1)CC(C)c1c2c(=O)n2nc(C3=CCOCC3)nc2n1CC(=O)Nc1ccc(C(F)(F)F)cc1Cl. The molecular formula is C34H33ClF3N7O5. The molecule has 0 radical (unpaired) electrons. The molecular weight excluding hydrogens is 679 g/mol. The molecule has 0 saturated carbocycles. The molecule has 4 aromatic rings. The standard InChI is InChI=1S/C34H33ClF3N7O5/c1-19-17-33(9-12-43(13-10-33)30(47)22-4-3-11-39-29(22)49-2)26-27(19)44(18-25(46)40-24-6-5-21(16-23(24)35)34(36,37)38)32-41-28(42-45(32)31(26)48)20-7-14-50-15-8-20/h3-7,11,16,19H,8-10,12-15,17-18H2,1-2H3,(H,40,46). The van der Waals surface area contributed by atoms with E-state index in [9.17, 15) is 27.6 Å². The lowest BCUT2D eigenvalue weighted by Crippen LogP contribution is -2.46. The molecule has 50 heavy (non-hydrogen) atoms. The molecule has 1 N–H and O–H groups in total. The van der Waals surface area contributed by atoms with E-state index >= 15 is 0 Å². The van der Waals surface area contributed by atoms with Crippen LogP contribution in [0.2, 0.25) is 5.02 Å². The highest BCUT2D eigenvalue weighted by Crippen LogP contribution is 2.50. The quantitative estimate of drug-likeness (QED) is 0.293. The van der Waals surface area contributed by atoms with Crippen LogP contribution in [0.5, 0.6) is 5.88 Å². The summed E-state index contributed by atoms with van der Waals surface area (Å²) in [4.78, 5) is 52.1. The Labute approximate surface area is 288 Å². The number of ether oxygens (including phenoxy) is 2. The molecule has 1 fully saturated rings. The number of hydrogen-bond donors (Lipinski definition) is 1. The van der Waals surface area contributed by atoms with Crippen molar-refractivity contribution in [3.8, 4) is 5.88 Å². The minimum atomic E-state index is -4.60. The molecule has 1 spiro atoms. The second-order valence-electron chi connectivity index (χ2n) is 12.8. The number of carbonyl (C=O) groups excluding carboxylic acids is 2. The molecule has 3 aromatic heterocycles. The van der Waals surface area contributed by atoms with Gasteiger partial charge in [-0.15, -0.1) is 5.10 Å².